The quantitative estimate of drug-likeness (QED) is 0.207. The van der Waals surface area contributed by atoms with Crippen molar-refractivity contribution in [3.8, 4) is 5.69 Å². The fourth-order valence-electron chi connectivity index (χ4n) is 5.44. The lowest BCUT2D eigenvalue weighted by Gasteiger charge is -2.28. The second-order valence-electron chi connectivity index (χ2n) is 9.92. The van der Waals surface area contributed by atoms with E-state index in [1.54, 1.807) is 0 Å². The van der Waals surface area contributed by atoms with Crippen LogP contribution in [0.1, 0.15) is 52.3 Å². The first-order chi connectivity index (χ1) is 17.9. The molecule has 6 heteroatoms. The summed E-state index contributed by atoms with van der Waals surface area (Å²) in [5, 5.41) is 7.93. The van der Waals surface area contributed by atoms with Crippen molar-refractivity contribution in [1.29, 1.82) is 0 Å². The maximum absolute atomic E-state index is 5.91. The van der Waals surface area contributed by atoms with E-state index >= 15 is 0 Å². The summed E-state index contributed by atoms with van der Waals surface area (Å²) in [6, 6.07) is 25.5. The second kappa shape index (κ2) is 10.8. The summed E-state index contributed by atoms with van der Waals surface area (Å²) in [5.74, 6) is 0. The number of benzene rings is 2. The van der Waals surface area contributed by atoms with E-state index in [1.807, 2.05) is 18.3 Å². The van der Waals surface area contributed by atoms with Crippen LogP contribution in [0.5, 0.6) is 0 Å². The van der Waals surface area contributed by atoms with Crippen molar-refractivity contribution in [3.63, 3.8) is 0 Å². The number of pyridine rings is 1. The first-order valence-corrected chi connectivity index (χ1v) is 13.4. The Kier molecular flexibility index (Phi) is 7.28. The van der Waals surface area contributed by atoms with Crippen LogP contribution in [-0.4, -0.2) is 32.7 Å². The van der Waals surface area contributed by atoms with E-state index in [9.17, 15) is 0 Å². The average Bonchev–Trinajstić information content (AvgIpc) is 3.39. The summed E-state index contributed by atoms with van der Waals surface area (Å²) in [7, 11) is 0. The van der Waals surface area contributed by atoms with E-state index in [1.165, 1.54) is 33.8 Å². The lowest BCUT2D eigenvalue weighted by Crippen LogP contribution is -2.31. The Morgan fingerprint density at radius 2 is 1.73 bits per heavy atom. The minimum absolute atomic E-state index is 0.0108. The smallest absolute Gasteiger partial charge is 0.170 e. The summed E-state index contributed by atoms with van der Waals surface area (Å²) in [6.07, 6.45) is 2.83. The van der Waals surface area contributed by atoms with Gasteiger partial charge in [0.25, 0.3) is 0 Å². The second-order valence-corrected chi connectivity index (χ2v) is 10.3. The fraction of sp³-hybridized carbons (Fsp3) is 0.290. The molecule has 4 aromatic rings. The van der Waals surface area contributed by atoms with E-state index in [4.69, 9.17) is 17.2 Å². The Labute approximate surface area is 225 Å². The first kappa shape index (κ1) is 25.0. The van der Waals surface area contributed by atoms with Gasteiger partial charge in [-0.25, -0.2) is 0 Å². The van der Waals surface area contributed by atoms with Crippen molar-refractivity contribution in [1.82, 2.24) is 19.8 Å². The lowest BCUT2D eigenvalue weighted by molar-refractivity contribution is 0.315. The van der Waals surface area contributed by atoms with Crippen molar-refractivity contribution < 1.29 is 0 Å². The molecule has 2 aromatic carbocycles. The molecule has 2 unspecified atom stereocenters. The van der Waals surface area contributed by atoms with Gasteiger partial charge in [-0.2, -0.15) is 0 Å². The third-order valence-corrected chi connectivity index (χ3v) is 7.62. The third kappa shape index (κ3) is 5.12. The summed E-state index contributed by atoms with van der Waals surface area (Å²) < 4.78 is 2.39. The maximum atomic E-state index is 5.91. The SMILES string of the molecule is Cc1ccc(C)c(-n2c(C)cc(C3C(c4ccccn4)NC(=S)N3CCCNc3ccccc3)c2C)c1. The number of hydrogen-bond acceptors (Lipinski definition) is 3. The highest BCUT2D eigenvalue weighted by atomic mass is 32.1. The van der Waals surface area contributed by atoms with E-state index in [0.717, 1.165) is 36.0 Å². The molecule has 0 saturated carbocycles. The molecular weight excluding hydrogens is 474 g/mol. The Balaban J connectivity index is 1.48. The van der Waals surface area contributed by atoms with Crippen LogP contribution < -0.4 is 10.6 Å². The van der Waals surface area contributed by atoms with Crippen LogP contribution in [0.25, 0.3) is 5.69 Å². The van der Waals surface area contributed by atoms with Gasteiger partial charge in [-0.15, -0.1) is 0 Å². The Bertz CT molecular complexity index is 1380. The number of nitrogens with one attached hydrogen (secondary N) is 2. The number of thiocarbonyl (C=S) groups is 1. The third-order valence-electron chi connectivity index (χ3n) is 7.27. The van der Waals surface area contributed by atoms with E-state index in [-0.39, 0.29) is 12.1 Å². The number of nitrogens with zero attached hydrogens (tertiary/aromatic N) is 3. The average molecular weight is 510 g/mol. The molecule has 1 fully saturated rings. The van der Waals surface area contributed by atoms with E-state index in [2.05, 4.69) is 108 Å². The molecule has 5 nitrogen and oxygen atoms in total. The molecular formula is C31H35N5S. The van der Waals surface area contributed by atoms with E-state index < -0.39 is 0 Å². The molecule has 0 spiro atoms. The van der Waals surface area contributed by atoms with Gasteiger partial charge in [-0.05, 0) is 99.4 Å². The first-order valence-electron chi connectivity index (χ1n) is 13.0. The number of rotatable bonds is 8. The zero-order valence-electron chi connectivity index (χ0n) is 22.0. The van der Waals surface area contributed by atoms with Crippen LogP contribution in [0.2, 0.25) is 0 Å². The summed E-state index contributed by atoms with van der Waals surface area (Å²) >= 11 is 5.91. The molecule has 0 radical (unpaired) electrons. The molecule has 0 amide bonds. The number of anilines is 1. The minimum Gasteiger partial charge on any atom is -0.385 e. The largest absolute Gasteiger partial charge is 0.385 e. The molecule has 2 atom stereocenters. The molecule has 5 rings (SSSR count). The molecule has 1 aliphatic rings. The summed E-state index contributed by atoms with van der Waals surface area (Å²) in [5.41, 5.74) is 9.68. The van der Waals surface area contributed by atoms with Gasteiger partial charge in [0.05, 0.1) is 17.8 Å². The van der Waals surface area contributed by atoms with E-state index in [0.29, 0.717) is 0 Å². The molecule has 1 aliphatic heterocycles. The summed E-state index contributed by atoms with van der Waals surface area (Å²) in [4.78, 5) is 7.07. The van der Waals surface area contributed by atoms with Gasteiger partial charge in [-0.1, -0.05) is 36.4 Å². The normalized spacial score (nSPS) is 17.2. The zero-order valence-corrected chi connectivity index (χ0v) is 22.8. The molecule has 0 aliphatic carbocycles. The van der Waals surface area contributed by atoms with Crippen molar-refractivity contribution in [2.24, 2.45) is 0 Å². The van der Waals surface area contributed by atoms with Crippen molar-refractivity contribution in [3.05, 3.63) is 113 Å². The van der Waals surface area contributed by atoms with Crippen LogP contribution in [-0.2, 0) is 0 Å². The molecule has 3 heterocycles. The van der Waals surface area contributed by atoms with Gasteiger partial charge in [0, 0.05) is 42.0 Å². The molecule has 190 valence electrons. The van der Waals surface area contributed by atoms with Gasteiger partial charge < -0.3 is 20.1 Å². The monoisotopic (exact) mass is 509 g/mol. The van der Waals surface area contributed by atoms with Gasteiger partial charge in [0.2, 0.25) is 0 Å². The number of aromatic nitrogens is 2. The predicted molar refractivity (Wildman–Crippen MR) is 156 cm³/mol. The Morgan fingerprint density at radius 3 is 2.49 bits per heavy atom. The molecule has 2 aromatic heterocycles. The Hall–Kier alpha value is -3.64. The number of aryl methyl sites for hydroxylation is 3. The highest BCUT2D eigenvalue weighted by Gasteiger charge is 2.41. The molecule has 2 N–H and O–H groups in total. The van der Waals surface area contributed by atoms with Gasteiger partial charge in [0.15, 0.2) is 5.11 Å². The highest BCUT2D eigenvalue weighted by molar-refractivity contribution is 7.80. The zero-order chi connectivity index (χ0) is 25.9. The standard InChI is InChI=1S/C31H35N5S/c1-21-14-15-22(2)28(19-21)36-23(3)20-26(24(36)4)30-29(27-13-8-9-16-33-27)34-31(37)35(30)18-10-17-32-25-11-6-5-7-12-25/h5-9,11-16,19-20,29-30,32H,10,17-18H2,1-4H3,(H,34,37). The summed E-state index contributed by atoms with van der Waals surface area (Å²) in [6.45, 7) is 10.5. The van der Waals surface area contributed by atoms with Crippen LogP contribution >= 0.6 is 12.2 Å². The molecule has 37 heavy (non-hydrogen) atoms. The van der Waals surface area contributed by atoms with Crippen LogP contribution in [0, 0.1) is 27.7 Å². The van der Waals surface area contributed by atoms with Crippen molar-refractivity contribution in [2.45, 2.75) is 46.2 Å². The van der Waals surface area contributed by atoms with Crippen LogP contribution in [0.15, 0.2) is 79.0 Å². The molecule has 1 saturated heterocycles. The van der Waals surface area contributed by atoms with Gasteiger partial charge in [0.1, 0.15) is 0 Å². The highest BCUT2D eigenvalue weighted by Crippen LogP contribution is 2.41. The Morgan fingerprint density at radius 1 is 0.946 bits per heavy atom. The lowest BCUT2D eigenvalue weighted by atomic mass is 9.96. The fourth-order valence-corrected chi connectivity index (χ4v) is 5.77. The van der Waals surface area contributed by atoms with Gasteiger partial charge >= 0.3 is 0 Å². The van der Waals surface area contributed by atoms with Crippen molar-refractivity contribution >= 4 is 23.0 Å². The van der Waals surface area contributed by atoms with Crippen LogP contribution in [0.3, 0.4) is 0 Å². The number of para-hydroxylation sites is 1. The topological polar surface area (TPSA) is 45.1 Å². The van der Waals surface area contributed by atoms with Gasteiger partial charge in [-0.3, -0.25) is 4.98 Å². The minimum atomic E-state index is -0.0108. The molecule has 0 bridgehead atoms. The van der Waals surface area contributed by atoms with Crippen molar-refractivity contribution in [2.75, 3.05) is 18.4 Å². The number of hydrogen-bond donors (Lipinski definition) is 2. The maximum Gasteiger partial charge on any atom is 0.170 e. The van der Waals surface area contributed by atoms with Crippen LogP contribution in [0.4, 0.5) is 5.69 Å². The predicted octanol–water partition coefficient (Wildman–Crippen LogP) is 6.58.